The van der Waals surface area contributed by atoms with E-state index in [9.17, 15) is 18.8 Å². The number of ether oxygens (including phenoxy) is 1. The number of amides is 2. The largest absolute Gasteiger partial charge is 0.454 e. The summed E-state index contributed by atoms with van der Waals surface area (Å²) in [5.41, 5.74) is 1.01. The number of carbonyl (C=O) groups is 3. The van der Waals surface area contributed by atoms with Crippen molar-refractivity contribution in [1.82, 2.24) is 10.6 Å². The maximum atomic E-state index is 13.0. The molecule has 0 unspecified atom stereocenters. The predicted molar refractivity (Wildman–Crippen MR) is 88.0 cm³/mol. The normalized spacial score (nSPS) is 9.96. The van der Waals surface area contributed by atoms with Crippen LogP contribution in [0.25, 0.3) is 0 Å². The summed E-state index contributed by atoms with van der Waals surface area (Å²) in [5, 5.41) is 4.90. The number of carbonyl (C=O) groups excluding carboxylic acids is 3. The molecule has 25 heavy (non-hydrogen) atoms. The summed E-state index contributed by atoms with van der Waals surface area (Å²) in [6, 6.07) is 14.3. The molecule has 0 aromatic heterocycles. The SMILES string of the molecule is O=C(COC(=O)CNC(=O)c1cccc(F)c1)NCc1ccccc1. The van der Waals surface area contributed by atoms with Gasteiger partial charge in [0.1, 0.15) is 12.4 Å². The minimum atomic E-state index is -0.764. The van der Waals surface area contributed by atoms with Crippen molar-refractivity contribution >= 4 is 17.8 Å². The fourth-order valence-electron chi connectivity index (χ4n) is 1.93. The predicted octanol–water partition coefficient (Wildman–Crippen LogP) is 1.42. The zero-order valence-electron chi connectivity index (χ0n) is 13.3. The first kappa shape index (κ1) is 18.1. The molecule has 0 spiro atoms. The first-order valence-electron chi connectivity index (χ1n) is 7.54. The quantitative estimate of drug-likeness (QED) is 0.744. The molecule has 2 aromatic rings. The van der Waals surface area contributed by atoms with E-state index in [-0.39, 0.29) is 5.56 Å². The van der Waals surface area contributed by atoms with Gasteiger partial charge in [-0.1, -0.05) is 36.4 Å². The lowest BCUT2D eigenvalue weighted by Gasteiger charge is -2.08. The maximum Gasteiger partial charge on any atom is 0.325 e. The summed E-state index contributed by atoms with van der Waals surface area (Å²) in [5.74, 6) is -2.37. The summed E-state index contributed by atoms with van der Waals surface area (Å²) in [4.78, 5) is 34.9. The zero-order chi connectivity index (χ0) is 18.1. The van der Waals surface area contributed by atoms with Gasteiger partial charge in [-0.25, -0.2) is 4.39 Å². The van der Waals surface area contributed by atoms with Gasteiger partial charge in [-0.15, -0.1) is 0 Å². The van der Waals surface area contributed by atoms with Crippen LogP contribution in [0.4, 0.5) is 4.39 Å². The Kier molecular flexibility index (Phi) is 6.65. The minimum Gasteiger partial charge on any atom is -0.454 e. The van der Waals surface area contributed by atoms with Gasteiger partial charge in [0.25, 0.3) is 11.8 Å². The average Bonchev–Trinajstić information content (AvgIpc) is 2.63. The topological polar surface area (TPSA) is 84.5 Å². The standard InChI is InChI=1S/C18H17FN2O4/c19-15-8-4-7-14(9-15)18(24)21-11-17(23)25-12-16(22)20-10-13-5-2-1-3-6-13/h1-9H,10-12H2,(H,20,22)(H,21,24). The molecule has 0 aliphatic carbocycles. The molecule has 0 radical (unpaired) electrons. The summed E-state index contributed by atoms with van der Waals surface area (Å²) < 4.78 is 17.8. The highest BCUT2D eigenvalue weighted by Gasteiger charge is 2.11. The van der Waals surface area contributed by atoms with Gasteiger partial charge < -0.3 is 15.4 Å². The van der Waals surface area contributed by atoms with E-state index in [1.165, 1.54) is 18.2 Å². The molecular formula is C18H17FN2O4. The molecule has 2 rings (SSSR count). The molecule has 6 nitrogen and oxygen atoms in total. The Hall–Kier alpha value is -3.22. The van der Waals surface area contributed by atoms with Gasteiger partial charge in [0.05, 0.1) is 0 Å². The molecule has 0 fully saturated rings. The second-order valence-electron chi connectivity index (χ2n) is 5.12. The van der Waals surface area contributed by atoms with Gasteiger partial charge in [-0.2, -0.15) is 0 Å². The molecule has 2 amide bonds. The Balaban J connectivity index is 1.66. The van der Waals surface area contributed by atoms with Gasteiger partial charge in [0.15, 0.2) is 6.61 Å². The van der Waals surface area contributed by atoms with Crippen LogP contribution in [0.15, 0.2) is 54.6 Å². The maximum absolute atomic E-state index is 13.0. The summed E-state index contributed by atoms with van der Waals surface area (Å²) in [6.45, 7) is -0.531. The second kappa shape index (κ2) is 9.17. The van der Waals surface area contributed by atoms with Crippen LogP contribution in [0.5, 0.6) is 0 Å². The number of hydrogen-bond donors (Lipinski definition) is 2. The first-order valence-corrected chi connectivity index (χ1v) is 7.54. The molecule has 2 N–H and O–H groups in total. The Morgan fingerprint density at radius 3 is 2.44 bits per heavy atom. The molecule has 0 saturated heterocycles. The van der Waals surface area contributed by atoms with Gasteiger partial charge in [0, 0.05) is 12.1 Å². The Labute approximate surface area is 144 Å². The third kappa shape index (κ3) is 6.42. The lowest BCUT2D eigenvalue weighted by atomic mass is 10.2. The molecule has 0 heterocycles. The highest BCUT2D eigenvalue weighted by Crippen LogP contribution is 2.03. The summed E-state index contributed by atoms with van der Waals surface area (Å²) in [7, 11) is 0. The fraction of sp³-hybridized carbons (Fsp3) is 0.167. The van der Waals surface area contributed by atoms with Crippen molar-refractivity contribution < 1.29 is 23.5 Å². The number of esters is 1. The van der Waals surface area contributed by atoms with Gasteiger partial charge >= 0.3 is 5.97 Å². The van der Waals surface area contributed by atoms with Crippen molar-refractivity contribution in [2.45, 2.75) is 6.54 Å². The van der Waals surface area contributed by atoms with Gasteiger partial charge in [-0.05, 0) is 23.8 Å². The molecule has 0 atom stereocenters. The second-order valence-corrected chi connectivity index (χ2v) is 5.12. The molecule has 7 heteroatoms. The molecule has 130 valence electrons. The van der Waals surface area contributed by atoms with Crippen molar-refractivity contribution in [3.63, 3.8) is 0 Å². The van der Waals surface area contributed by atoms with E-state index in [4.69, 9.17) is 4.74 Å². The number of benzene rings is 2. The number of rotatable bonds is 7. The molecule has 0 bridgehead atoms. The lowest BCUT2D eigenvalue weighted by molar-refractivity contribution is -0.147. The lowest BCUT2D eigenvalue weighted by Crippen LogP contribution is -2.33. The van der Waals surface area contributed by atoms with Crippen LogP contribution in [-0.4, -0.2) is 30.9 Å². The van der Waals surface area contributed by atoms with Crippen molar-refractivity contribution in [2.75, 3.05) is 13.2 Å². The molecular weight excluding hydrogens is 327 g/mol. The van der Waals surface area contributed by atoms with E-state index >= 15 is 0 Å². The van der Waals surface area contributed by atoms with Crippen LogP contribution in [0.3, 0.4) is 0 Å². The van der Waals surface area contributed by atoms with Crippen LogP contribution >= 0.6 is 0 Å². The van der Waals surface area contributed by atoms with Crippen molar-refractivity contribution in [3.05, 3.63) is 71.5 Å². The molecule has 0 aliphatic rings. The minimum absolute atomic E-state index is 0.0911. The van der Waals surface area contributed by atoms with E-state index in [2.05, 4.69) is 10.6 Å². The molecule has 0 aliphatic heterocycles. The highest BCUT2D eigenvalue weighted by molar-refractivity contribution is 5.96. The van der Waals surface area contributed by atoms with Gasteiger partial charge in [0.2, 0.25) is 0 Å². The fourth-order valence-corrected chi connectivity index (χ4v) is 1.93. The number of nitrogens with one attached hydrogen (secondary N) is 2. The van der Waals surface area contributed by atoms with Crippen LogP contribution in [-0.2, 0) is 20.9 Å². The van der Waals surface area contributed by atoms with E-state index in [1.54, 1.807) is 0 Å². The van der Waals surface area contributed by atoms with E-state index in [0.29, 0.717) is 6.54 Å². The summed E-state index contributed by atoms with van der Waals surface area (Å²) >= 11 is 0. The van der Waals surface area contributed by atoms with Crippen LogP contribution < -0.4 is 10.6 Å². The monoisotopic (exact) mass is 344 g/mol. The first-order chi connectivity index (χ1) is 12.0. The van der Waals surface area contributed by atoms with Crippen LogP contribution in [0, 0.1) is 5.82 Å². The number of halogens is 1. The van der Waals surface area contributed by atoms with E-state index < -0.39 is 36.8 Å². The Morgan fingerprint density at radius 1 is 0.960 bits per heavy atom. The van der Waals surface area contributed by atoms with E-state index in [1.807, 2.05) is 30.3 Å². The highest BCUT2D eigenvalue weighted by atomic mass is 19.1. The molecule has 0 saturated carbocycles. The molecule has 2 aromatic carbocycles. The third-order valence-corrected chi connectivity index (χ3v) is 3.18. The Morgan fingerprint density at radius 2 is 1.72 bits per heavy atom. The number of hydrogen-bond acceptors (Lipinski definition) is 4. The van der Waals surface area contributed by atoms with Crippen molar-refractivity contribution in [3.8, 4) is 0 Å². The third-order valence-electron chi connectivity index (χ3n) is 3.18. The van der Waals surface area contributed by atoms with Crippen LogP contribution in [0.2, 0.25) is 0 Å². The zero-order valence-corrected chi connectivity index (χ0v) is 13.3. The smallest absolute Gasteiger partial charge is 0.325 e. The van der Waals surface area contributed by atoms with Crippen molar-refractivity contribution in [1.29, 1.82) is 0 Å². The average molecular weight is 344 g/mol. The van der Waals surface area contributed by atoms with E-state index in [0.717, 1.165) is 11.6 Å². The van der Waals surface area contributed by atoms with Crippen LogP contribution in [0.1, 0.15) is 15.9 Å². The van der Waals surface area contributed by atoms with Gasteiger partial charge in [-0.3, -0.25) is 14.4 Å². The Bertz CT molecular complexity index is 750. The summed E-state index contributed by atoms with van der Waals surface area (Å²) in [6.07, 6.45) is 0. The van der Waals surface area contributed by atoms with Crippen molar-refractivity contribution in [2.24, 2.45) is 0 Å².